The second-order valence-corrected chi connectivity index (χ2v) is 18.6. The first kappa shape index (κ1) is 58.0. The Morgan fingerprint density at radius 1 is 0.407 bits per heavy atom. The average Bonchev–Trinajstić information content (AvgIpc) is 3.24. The number of hydrogen-bond donors (Lipinski definition) is 5. The van der Waals surface area contributed by atoms with Gasteiger partial charge in [-0.3, -0.25) is 4.79 Å². The molecule has 0 bridgehead atoms. The van der Waals surface area contributed by atoms with Gasteiger partial charge in [0, 0.05) is 0 Å². The van der Waals surface area contributed by atoms with Crippen molar-refractivity contribution in [2.24, 2.45) is 0 Å². The number of carbonyl (C=O) groups excluding carboxylic acids is 1. The van der Waals surface area contributed by atoms with Gasteiger partial charge in [0.25, 0.3) is 0 Å². The lowest BCUT2D eigenvalue weighted by atomic mass is 10.00. The van der Waals surface area contributed by atoms with Crippen molar-refractivity contribution in [2.45, 2.75) is 314 Å². The molecule has 4 atom stereocenters. The van der Waals surface area contributed by atoms with Gasteiger partial charge in [0.15, 0.2) is 0 Å². The molecule has 6 nitrogen and oxygen atoms in total. The van der Waals surface area contributed by atoms with Gasteiger partial charge in [0.1, 0.15) is 12.2 Å². The number of carbonyl (C=O) groups is 1. The van der Waals surface area contributed by atoms with Crippen LogP contribution in [0.3, 0.4) is 0 Å². The second-order valence-electron chi connectivity index (χ2n) is 18.6. The predicted octanol–water partition coefficient (Wildman–Crippen LogP) is 14.9. The van der Waals surface area contributed by atoms with Gasteiger partial charge in [0.2, 0.25) is 5.91 Å². The average molecular weight is 836 g/mol. The van der Waals surface area contributed by atoms with Crippen molar-refractivity contribution >= 4 is 5.91 Å². The number of nitrogens with one attached hydrogen (secondary N) is 1. The van der Waals surface area contributed by atoms with Gasteiger partial charge in [-0.05, 0) is 38.5 Å². The van der Waals surface area contributed by atoms with Crippen molar-refractivity contribution < 1.29 is 25.2 Å². The molecule has 5 N–H and O–H groups in total. The highest BCUT2D eigenvalue weighted by atomic mass is 16.3. The van der Waals surface area contributed by atoms with E-state index in [-0.39, 0.29) is 0 Å². The first-order valence-corrected chi connectivity index (χ1v) is 26.6. The third-order valence-corrected chi connectivity index (χ3v) is 12.7. The van der Waals surface area contributed by atoms with E-state index >= 15 is 0 Å². The smallest absolute Gasteiger partial charge is 0.249 e. The molecule has 0 aromatic rings. The van der Waals surface area contributed by atoms with E-state index in [0.717, 1.165) is 38.5 Å². The molecular weight excluding hydrogens is 731 g/mol. The monoisotopic (exact) mass is 836 g/mol. The van der Waals surface area contributed by atoms with Crippen molar-refractivity contribution in [3.63, 3.8) is 0 Å². The summed E-state index contributed by atoms with van der Waals surface area (Å²) in [5.41, 5.74) is 0. The molecule has 4 unspecified atom stereocenters. The number of amides is 1. The fourth-order valence-corrected chi connectivity index (χ4v) is 8.53. The van der Waals surface area contributed by atoms with Crippen LogP contribution >= 0.6 is 0 Å². The zero-order valence-electron chi connectivity index (χ0n) is 39.8. The lowest BCUT2D eigenvalue weighted by Gasteiger charge is -2.27. The molecule has 0 aromatic carbocycles. The fourth-order valence-electron chi connectivity index (χ4n) is 8.53. The number of unbranched alkanes of at least 4 members (excludes halogenated alkanes) is 38. The largest absolute Gasteiger partial charge is 0.394 e. The van der Waals surface area contributed by atoms with Gasteiger partial charge >= 0.3 is 0 Å². The molecule has 0 aliphatic carbocycles. The summed E-state index contributed by atoms with van der Waals surface area (Å²) in [4.78, 5) is 12.6. The van der Waals surface area contributed by atoms with Crippen LogP contribution in [-0.4, -0.2) is 57.3 Å². The number of hydrogen-bond acceptors (Lipinski definition) is 5. The molecule has 0 rings (SSSR count). The SMILES string of the molecule is CCCCCCCCCCCCCCCC/C=C/CCCC(O)C(O)C(CO)NC(=O)C(O)CCCCCCCCCCCCCCCCCCCCCCCCCC. The lowest BCUT2D eigenvalue weighted by Crippen LogP contribution is -2.53. The number of allylic oxidation sites excluding steroid dienone is 2. The van der Waals surface area contributed by atoms with E-state index in [1.54, 1.807) is 0 Å². The van der Waals surface area contributed by atoms with Crippen molar-refractivity contribution in [1.82, 2.24) is 5.32 Å². The molecule has 0 saturated carbocycles. The molecule has 6 heteroatoms. The quantitative estimate of drug-likeness (QED) is 0.0310. The molecule has 0 heterocycles. The molecule has 1 amide bonds. The van der Waals surface area contributed by atoms with Gasteiger partial charge in [0.05, 0.1) is 18.8 Å². The maximum atomic E-state index is 12.6. The Hall–Kier alpha value is -0.950. The third-order valence-electron chi connectivity index (χ3n) is 12.7. The van der Waals surface area contributed by atoms with E-state index in [4.69, 9.17) is 0 Å². The molecule has 0 radical (unpaired) electrons. The summed E-state index contributed by atoms with van der Waals surface area (Å²) in [6, 6.07) is -0.998. The van der Waals surface area contributed by atoms with Gasteiger partial charge in [-0.1, -0.05) is 264 Å². The Bertz CT molecular complexity index is 852. The zero-order chi connectivity index (χ0) is 43.1. The summed E-state index contributed by atoms with van der Waals surface area (Å²) in [6.07, 6.45) is 55.6. The Kier molecular flexibility index (Phi) is 47.3. The van der Waals surface area contributed by atoms with Gasteiger partial charge in [-0.25, -0.2) is 0 Å². The molecule has 0 spiro atoms. The Morgan fingerprint density at radius 2 is 0.695 bits per heavy atom. The highest BCUT2D eigenvalue weighted by Crippen LogP contribution is 2.18. The summed E-state index contributed by atoms with van der Waals surface area (Å²) in [7, 11) is 0. The normalized spacial score (nSPS) is 13.9. The molecule has 59 heavy (non-hydrogen) atoms. The van der Waals surface area contributed by atoms with E-state index < -0.39 is 36.9 Å². The van der Waals surface area contributed by atoms with Crippen LogP contribution < -0.4 is 5.32 Å². The predicted molar refractivity (Wildman–Crippen MR) is 256 cm³/mol. The standard InChI is InChI=1S/C53H105NO5/c1-3-5-7-9-11-13-15-17-19-21-23-24-25-26-27-29-31-33-35-37-39-41-43-45-47-51(57)53(59)54-49(48-55)52(58)50(56)46-44-42-40-38-36-34-32-30-28-22-20-18-16-14-12-10-8-6-4-2/h38,40,49-52,55-58H,3-37,39,41-48H2,1-2H3,(H,54,59)/b40-38+. The Labute approximate surface area is 368 Å². The number of aliphatic hydroxyl groups is 4. The van der Waals surface area contributed by atoms with Crippen LogP contribution in [0, 0.1) is 0 Å². The molecule has 0 aliphatic heterocycles. The maximum absolute atomic E-state index is 12.6. The van der Waals surface area contributed by atoms with Gasteiger partial charge < -0.3 is 25.7 Å². The Morgan fingerprint density at radius 3 is 1.02 bits per heavy atom. The van der Waals surface area contributed by atoms with Crippen LogP contribution in [0.1, 0.15) is 290 Å². The van der Waals surface area contributed by atoms with Crippen LogP contribution in [-0.2, 0) is 4.79 Å². The molecule has 0 saturated heterocycles. The second kappa shape index (κ2) is 48.1. The minimum Gasteiger partial charge on any atom is -0.394 e. The summed E-state index contributed by atoms with van der Waals surface area (Å²) >= 11 is 0. The summed E-state index contributed by atoms with van der Waals surface area (Å²) in [5, 5.41) is 43.9. The molecule has 0 aromatic heterocycles. The van der Waals surface area contributed by atoms with Crippen molar-refractivity contribution in [1.29, 1.82) is 0 Å². The van der Waals surface area contributed by atoms with E-state index in [9.17, 15) is 25.2 Å². The minimum absolute atomic E-state index is 0.369. The minimum atomic E-state index is -1.28. The number of rotatable bonds is 49. The van der Waals surface area contributed by atoms with Crippen molar-refractivity contribution in [3.05, 3.63) is 12.2 Å². The van der Waals surface area contributed by atoms with E-state index in [0.29, 0.717) is 12.8 Å². The molecule has 0 fully saturated rings. The lowest BCUT2D eigenvalue weighted by molar-refractivity contribution is -0.132. The van der Waals surface area contributed by atoms with Gasteiger partial charge in [-0.2, -0.15) is 0 Å². The van der Waals surface area contributed by atoms with E-state index in [1.807, 2.05) is 0 Å². The summed E-state index contributed by atoms with van der Waals surface area (Å²) in [5.74, 6) is -0.587. The highest BCUT2D eigenvalue weighted by Gasteiger charge is 2.28. The first-order valence-electron chi connectivity index (χ1n) is 26.6. The Balaban J connectivity index is 3.65. The van der Waals surface area contributed by atoms with Crippen molar-refractivity contribution in [2.75, 3.05) is 6.61 Å². The first-order chi connectivity index (χ1) is 29.0. The van der Waals surface area contributed by atoms with Crippen LogP contribution in [0.4, 0.5) is 0 Å². The summed E-state index contributed by atoms with van der Waals surface area (Å²) in [6.45, 7) is 4.08. The molecule has 352 valence electrons. The van der Waals surface area contributed by atoms with Crippen molar-refractivity contribution in [3.8, 4) is 0 Å². The fraction of sp³-hybridized carbons (Fsp3) is 0.943. The highest BCUT2D eigenvalue weighted by molar-refractivity contribution is 5.80. The summed E-state index contributed by atoms with van der Waals surface area (Å²) < 4.78 is 0. The van der Waals surface area contributed by atoms with Gasteiger partial charge in [-0.15, -0.1) is 0 Å². The topological polar surface area (TPSA) is 110 Å². The number of aliphatic hydroxyl groups excluding tert-OH is 4. The van der Waals surface area contributed by atoms with E-state index in [1.165, 1.54) is 225 Å². The van der Waals surface area contributed by atoms with Crippen LogP contribution in [0.5, 0.6) is 0 Å². The molecule has 0 aliphatic rings. The van der Waals surface area contributed by atoms with Crippen LogP contribution in [0.2, 0.25) is 0 Å². The third kappa shape index (κ3) is 42.1. The van der Waals surface area contributed by atoms with Crippen LogP contribution in [0.25, 0.3) is 0 Å². The van der Waals surface area contributed by atoms with Crippen LogP contribution in [0.15, 0.2) is 12.2 Å². The zero-order valence-corrected chi connectivity index (χ0v) is 39.8. The maximum Gasteiger partial charge on any atom is 0.249 e. The molecular formula is C53H105NO5. The van der Waals surface area contributed by atoms with E-state index in [2.05, 4.69) is 31.3 Å².